The van der Waals surface area contributed by atoms with Crippen molar-refractivity contribution in [3.8, 4) is 33.2 Å². The van der Waals surface area contributed by atoms with Gasteiger partial charge >= 0.3 is 0 Å². The van der Waals surface area contributed by atoms with Gasteiger partial charge in [0.05, 0.1) is 10.4 Å². The smallest absolute Gasteiger partial charge is 0.159 e. The van der Waals surface area contributed by atoms with Gasteiger partial charge in [0.15, 0.2) is 5.82 Å². The molecule has 0 amide bonds. The van der Waals surface area contributed by atoms with Crippen LogP contribution in [0.25, 0.3) is 55.2 Å². The normalized spacial score (nSPS) is 11.5. The van der Waals surface area contributed by atoms with Gasteiger partial charge in [0.2, 0.25) is 0 Å². The molecule has 0 unspecified atom stereocenters. The third-order valence-corrected chi connectivity index (χ3v) is 6.23. The first-order valence-electron chi connectivity index (χ1n) is 9.66. The van der Waals surface area contributed by atoms with Crippen molar-refractivity contribution in [3.63, 3.8) is 0 Å². The summed E-state index contributed by atoms with van der Waals surface area (Å²) >= 11 is 1.61. The first-order chi connectivity index (χ1) is 15.2. The quantitative estimate of drug-likeness (QED) is 0.378. The molecule has 1 aromatic carbocycles. The zero-order chi connectivity index (χ0) is 20.9. The molecule has 6 nitrogen and oxygen atoms in total. The van der Waals surface area contributed by atoms with E-state index in [1.54, 1.807) is 29.9 Å². The van der Waals surface area contributed by atoms with Crippen molar-refractivity contribution >= 4 is 33.3 Å². The number of imidazole rings is 1. The Bertz CT molecular complexity index is 1560. The fourth-order valence-corrected chi connectivity index (χ4v) is 4.54. The lowest BCUT2D eigenvalue weighted by Crippen LogP contribution is -1.88. The summed E-state index contributed by atoms with van der Waals surface area (Å²) in [6.45, 7) is 1.98. The number of H-pyrrole nitrogens is 2. The molecule has 0 atom stereocenters. The average molecular weight is 426 g/mol. The first-order valence-corrected chi connectivity index (χ1v) is 10.5. The molecule has 31 heavy (non-hydrogen) atoms. The second-order valence-corrected chi connectivity index (χ2v) is 8.21. The predicted octanol–water partition coefficient (Wildman–Crippen LogP) is 5.74. The summed E-state index contributed by atoms with van der Waals surface area (Å²) in [5.41, 5.74) is 5.98. The van der Waals surface area contributed by atoms with E-state index in [2.05, 4.69) is 25.1 Å². The molecule has 150 valence electrons. The Labute approximate surface area is 179 Å². The molecule has 0 spiro atoms. The molecule has 0 aliphatic heterocycles. The van der Waals surface area contributed by atoms with Crippen LogP contribution in [0.4, 0.5) is 4.39 Å². The fraction of sp³-hybridized carbons (Fsp3) is 0.0435. The summed E-state index contributed by atoms with van der Waals surface area (Å²) in [5, 5.41) is 9.86. The van der Waals surface area contributed by atoms with Gasteiger partial charge in [-0.05, 0) is 53.8 Å². The van der Waals surface area contributed by atoms with Crippen LogP contribution in [0, 0.1) is 12.7 Å². The van der Waals surface area contributed by atoms with Crippen LogP contribution in [0.1, 0.15) is 5.56 Å². The summed E-state index contributed by atoms with van der Waals surface area (Å²) in [5.74, 6) is 0.193. The predicted molar refractivity (Wildman–Crippen MR) is 120 cm³/mol. The lowest BCUT2D eigenvalue weighted by atomic mass is 10.0. The topological polar surface area (TPSA) is 83.1 Å². The fourth-order valence-electron chi connectivity index (χ4n) is 3.82. The summed E-state index contributed by atoms with van der Waals surface area (Å²) in [6.07, 6.45) is 5.23. The van der Waals surface area contributed by atoms with Crippen LogP contribution in [0.15, 0.2) is 60.4 Å². The van der Waals surface area contributed by atoms with Crippen molar-refractivity contribution in [3.05, 3.63) is 71.7 Å². The Morgan fingerprint density at radius 3 is 2.84 bits per heavy atom. The Balaban J connectivity index is 1.56. The SMILES string of the molecule is Cc1ccncc1-c1cc(F)c2[nH]nc(-c3nc4c(-c5cccs5)nccc4[nH]3)c2c1. The number of aromatic amines is 2. The second-order valence-electron chi connectivity index (χ2n) is 7.26. The monoisotopic (exact) mass is 426 g/mol. The lowest BCUT2D eigenvalue weighted by Gasteiger charge is -2.06. The maximum Gasteiger partial charge on any atom is 0.159 e. The van der Waals surface area contributed by atoms with Crippen LogP contribution in [0.5, 0.6) is 0 Å². The Morgan fingerprint density at radius 1 is 1.06 bits per heavy atom. The van der Waals surface area contributed by atoms with E-state index in [0.717, 1.165) is 38.3 Å². The highest BCUT2D eigenvalue weighted by molar-refractivity contribution is 7.13. The van der Waals surface area contributed by atoms with Gasteiger partial charge < -0.3 is 4.98 Å². The van der Waals surface area contributed by atoms with Gasteiger partial charge in [-0.15, -0.1) is 11.3 Å². The average Bonchev–Trinajstić information content (AvgIpc) is 3.52. The van der Waals surface area contributed by atoms with Gasteiger partial charge in [-0.1, -0.05) is 6.07 Å². The van der Waals surface area contributed by atoms with Crippen LogP contribution >= 0.6 is 11.3 Å². The van der Waals surface area contributed by atoms with Gasteiger partial charge in [0, 0.05) is 29.5 Å². The van der Waals surface area contributed by atoms with Crippen LogP contribution in [-0.2, 0) is 0 Å². The third-order valence-electron chi connectivity index (χ3n) is 5.35. The minimum Gasteiger partial charge on any atom is -0.336 e. The van der Waals surface area contributed by atoms with Gasteiger partial charge in [-0.25, -0.2) is 9.37 Å². The molecule has 5 heterocycles. The first kappa shape index (κ1) is 17.9. The molecule has 0 saturated carbocycles. The highest BCUT2D eigenvalue weighted by Crippen LogP contribution is 2.34. The van der Waals surface area contributed by atoms with E-state index in [0.29, 0.717) is 22.4 Å². The largest absolute Gasteiger partial charge is 0.336 e. The number of rotatable bonds is 3. The van der Waals surface area contributed by atoms with Gasteiger partial charge in [-0.2, -0.15) is 5.10 Å². The molecule has 6 rings (SSSR count). The van der Waals surface area contributed by atoms with E-state index in [9.17, 15) is 4.39 Å². The molecular weight excluding hydrogens is 411 g/mol. The molecule has 0 aliphatic carbocycles. The Kier molecular flexibility index (Phi) is 3.94. The number of nitrogens with one attached hydrogen (secondary N) is 2. The summed E-state index contributed by atoms with van der Waals surface area (Å²) in [7, 11) is 0. The number of pyridine rings is 2. The standard InChI is InChI=1S/C23H15FN6S/c1-12-4-6-25-11-15(12)13-9-14-19(16(24)10-13)29-30-20(14)23-27-17-5-7-26-22(21(17)28-23)18-3-2-8-31-18/h2-11H,1H3,(H,27,28)(H,29,30). The molecule has 0 aliphatic rings. The van der Waals surface area contributed by atoms with Gasteiger partial charge in [-0.3, -0.25) is 15.1 Å². The number of fused-ring (bicyclic) bond motifs is 2. The lowest BCUT2D eigenvalue weighted by molar-refractivity contribution is 0.636. The number of nitrogens with zero attached hydrogens (tertiary/aromatic N) is 4. The van der Waals surface area contributed by atoms with Crippen LogP contribution in [0.2, 0.25) is 0 Å². The van der Waals surface area contributed by atoms with Crippen molar-refractivity contribution in [2.45, 2.75) is 6.92 Å². The third kappa shape index (κ3) is 2.83. The molecule has 5 aromatic heterocycles. The van der Waals surface area contributed by atoms with E-state index in [4.69, 9.17) is 4.98 Å². The minimum absolute atomic E-state index is 0.345. The van der Waals surface area contributed by atoms with Gasteiger partial charge in [0.1, 0.15) is 28.2 Å². The summed E-state index contributed by atoms with van der Waals surface area (Å²) in [4.78, 5) is 17.8. The number of thiophene rings is 1. The summed E-state index contributed by atoms with van der Waals surface area (Å²) < 4.78 is 14.9. The van der Waals surface area contributed by atoms with Crippen LogP contribution in [-0.4, -0.2) is 30.1 Å². The maximum absolute atomic E-state index is 14.9. The number of halogens is 1. The molecule has 0 saturated heterocycles. The van der Waals surface area contributed by atoms with E-state index in [1.165, 1.54) is 6.07 Å². The van der Waals surface area contributed by atoms with Crippen molar-refractivity contribution in [1.82, 2.24) is 30.1 Å². The molecule has 6 aromatic rings. The molecule has 0 fully saturated rings. The van der Waals surface area contributed by atoms with Crippen molar-refractivity contribution < 1.29 is 4.39 Å². The highest BCUT2D eigenvalue weighted by atomic mass is 32.1. The number of benzene rings is 1. The zero-order valence-electron chi connectivity index (χ0n) is 16.3. The highest BCUT2D eigenvalue weighted by Gasteiger charge is 2.19. The Morgan fingerprint density at radius 2 is 2.00 bits per heavy atom. The zero-order valence-corrected chi connectivity index (χ0v) is 17.2. The number of aromatic nitrogens is 6. The Hall–Kier alpha value is -3.91. The van der Waals surface area contributed by atoms with E-state index in [-0.39, 0.29) is 5.82 Å². The number of hydrogen-bond donors (Lipinski definition) is 2. The van der Waals surface area contributed by atoms with Crippen molar-refractivity contribution in [2.75, 3.05) is 0 Å². The van der Waals surface area contributed by atoms with Crippen molar-refractivity contribution in [1.29, 1.82) is 0 Å². The molecular formula is C23H15FN6S. The summed E-state index contributed by atoms with van der Waals surface area (Å²) in [6, 6.07) is 11.2. The van der Waals surface area contributed by atoms with E-state index >= 15 is 0 Å². The number of aryl methyl sites for hydroxylation is 1. The molecule has 8 heteroatoms. The minimum atomic E-state index is -0.369. The number of hydrogen-bond acceptors (Lipinski definition) is 5. The van der Waals surface area contributed by atoms with Crippen LogP contribution in [0.3, 0.4) is 0 Å². The molecule has 2 N–H and O–H groups in total. The molecule has 0 bridgehead atoms. The van der Waals surface area contributed by atoms with Crippen molar-refractivity contribution in [2.24, 2.45) is 0 Å². The van der Waals surface area contributed by atoms with Gasteiger partial charge in [0.25, 0.3) is 0 Å². The molecule has 0 radical (unpaired) electrons. The maximum atomic E-state index is 14.9. The van der Waals surface area contributed by atoms with E-state index < -0.39 is 0 Å². The van der Waals surface area contributed by atoms with E-state index in [1.807, 2.05) is 42.6 Å². The van der Waals surface area contributed by atoms with Crippen LogP contribution < -0.4 is 0 Å². The second kappa shape index (κ2) is 6.82.